The first-order chi connectivity index (χ1) is 9.24. The average Bonchev–Trinajstić information content (AvgIpc) is 2.81. The van der Waals surface area contributed by atoms with Gasteiger partial charge in [0.2, 0.25) is 0 Å². The van der Waals surface area contributed by atoms with E-state index in [0.29, 0.717) is 12.3 Å². The molecule has 3 aromatic rings. The highest BCUT2D eigenvalue weighted by Crippen LogP contribution is 2.27. The van der Waals surface area contributed by atoms with Gasteiger partial charge in [-0.15, -0.1) is 0 Å². The van der Waals surface area contributed by atoms with E-state index in [2.05, 4.69) is 0 Å². The first kappa shape index (κ1) is 11.7. The molecule has 2 aromatic carbocycles. The Hall–Kier alpha value is -2.42. The minimum absolute atomic E-state index is 0.472. The molecule has 0 saturated carbocycles. The predicted molar refractivity (Wildman–Crippen MR) is 76.1 cm³/mol. The van der Waals surface area contributed by atoms with Crippen molar-refractivity contribution in [3.8, 4) is 5.75 Å². The number of para-hydroxylation sites is 1. The minimum Gasteiger partial charge on any atom is -0.489 e. The van der Waals surface area contributed by atoms with Crippen LogP contribution in [0.25, 0.3) is 11.0 Å². The first-order valence-electron chi connectivity index (χ1n) is 6.18. The summed E-state index contributed by atoms with van der Waals surface area (Å²) in [7, 11) is 0. The Morgan fingerprint density at radius 3 is 2.84 bits per heavy atom. The van der Waals surface area contributed by atoms with Gasteiger partial charge in [0.25, 0.3) is 0 Å². The molecule has 0 aliphatic carbocycles. The summed E-state index contributed by atoms with van der Waals surface area (Å²) in [5.74, 6) is 0.859. The molecule has 3 heteroatoms. The maximum atomic E-state index is 5.86. The van der Waals surface area contributed by atoms with Crippen molar-refractivity contribution in [3.05, 3.63) is 59.9 Å². The van der Waals surface area contributed by atoms with Crippen molar-refractivity contribution in [2.45, 2.75) is 13.5 Å². The number of rotatable bonds is 3. The van der Waals surface area contributed by atoms with Crippen LogP contribution in [0.4, 0.5) is 5.69 Å². The Balaban J connectivity index is 1.84. The number of ether oxygens (including phenoxy) is 1. The van der Waals surface area contributed by atoms with Crippen molar-refractivity contribution < 1.29 is 9.15 Å². The summed E-state index contributed by atoms with van der Waals surface area (Å²) >= 11 is 0. The van der Waals surface area contributed by atoms with Crippen LogP contribution in [0.2, 0.25) is 0 Å². The van der Waals surface area contributed by atoms with Crippen LogP contribution in [0, 0.1) is 6.92 Å². The van der Waals surface area contributed by atoms with Crippen LogP contribution in [0.15, 0.2) is 53.1 Å². The van der Waals surface area contributed by atoms with E-state index in [1.807, 2.05) is 49.4 Å². The Bertz CT molecular complexity index is 716. The molecular weight excluding hydrogens is 238 g/mol. The number of nitrogen functional groups attached to an aromatic ring is 1. The Morgan fingerprint density at radius 1 is 1.16 bits per heavy atom. The lowest BCUT2D eigenvalue weighted by Gasteiger charge is -2.05. The number of hydrogen-bond acceptors (Lipinski definition) is 3. The summed E-state index contributed by atoms with van der Waals surface area (Å²) in [5, 5.41) is 1.01. The third-order valence-electron chi connectivity index (χ3n) is 3.09. The van der Waals surface area contributed by atoms with Crippen molar-refractivity contribution in [1.82, 2.24) is 0 Å². The highest BCUT2D eigenvalue weighted by Gasteiger charge is 2.08. The standard InChI is InChI=1S/C16H15NO2/c1-11-4-2-5-13(8-11)18-9-12-10-19-16-14(12)6-3-7-15(16)17/h2-8,10H,9,17H2,1H3. The van der Waals surface area contributed by atoms with Crippen molar-refractivity contribution in [3.63, 3.8) is 0 Å². The number of nitrogens with two attached hydrogens (primary N) is 1. The Kier molecular flexibility index (Phi) is 2.88. The zero-order chi connectivity index (χ0) is 13.2. The highest BCUT2D eigenvalue weighted by atomic mass is 16.5. The summed E-state index contributed by atoms with van der Waals surface area (Å²) in [6.07, 6.45) is 1.71. The molecule has 0 aliphatic rings. The zero-order valence-electron chi connectivity index (χ0n) is 10.7. The molecule has 0 saturated heterocycles. The molecule has 0 bridgehead atoms. The first-order valence-corrected chi connectivity index (χ1v) is 6.18. The fourth-order valence-electron chi connectivity index (χ4n) is 2.11. The largest absolute Gasteiger partial charge is 0.489 e. The fraction of sp³-hybridized carbons (Fsp3) is 0.125. The van der Waals surface area contributed by atoms with E-state index in [-0.39, 0.29) is 0 Å². The quantitative estimate of drug-likeness (QED) is 0.720. The highest BCUT2D eigenvalue weighted by molar-refractivity contribution is 5.90. The number of benzene rings is 2. The monoisotopic (exact) mass is 253 g/mol. The molecule has 1 aromatic heterocycles. The molecule has 0 spiro atoms. The van der Waals surface area contributed by atoms with Crippen LogP contribution >= 0.6 is 0 Å². The van der Waals surface area contributed by atoms with Gasteiger partial charge in [-0.1, -0.05) is 24.3 Å². The van der Waals surface area contributed by atoms with Gasteiger partial charge in [0.1, 0.15) is 12.4 Å². The van der Waals surface area contributed by atoms with Crippen LogP contribution < -0.4 is 10.5 Å². The molecule has 3 nitrogen and oxygen atoms in total. The molecule has 2 N–H and O–H groups in total. The third-order valence-corrected chi connectivity index (χ3v) is 3.09. The maximum Gasteiger partial charge on any atom is 0.157 e. The summed E-state index contributed by atoms with van der Waals surface area (Å²) in [6, 6.07) is 13.7. The summed E-state index contributed by atoms with van der Waals surface area (Å²) in [4.78, 5) is 0. The van der Waals surface area contributed by atoms with Gasteiger partial charge >= 0.3 is 0 Å². The summed E-state index contributed by atoms with van der Waals surface area (Å²) in [5.41, 5.74) is 9.42. The zero-order valence-corrected chi connectivity index (χ0v) is 10.7. The lowest BCUT2D eigenvalue weighted by Crippen LogP contribution is -1.94. The molecule has 96 valence electrons. The van der Waals surface area contributed by atoms with Gasteiger partial charge in [-0.3, -0.25) is 0 Å². The van der Waals surface area contributed by atoms with E-state index in [0.717, 1.165) is 22.3 Å². The molecule has 1 heterocycles. The second kappa shape index (κ2) is 4.69. The van der Waals surface area contributed by atoms with E-state index in [1.54, 1.807) is 6.26 Å². The molecule has 0 amide bonds. The van der Waals surface area contributed by atoms with Gasteiger partial charge in [0, 0.05) is 10.9 Å². The van der Waals surface area contributed by atoms with Crippen molar-refractivity contribution >= 4 is 16.7 Å². The van der Waals surface area contributed by atoms with Gasteiger partial charge < -0.3 is 14.9 Å². The van der Waals surface area contributed by atoms with Crippen LogP contribution in [0.1, 0.15) is 11.1 Å². The van der Waals surface area contributed by atoms with E-state index in [4.69, 9.17) is 14.9 Å². The normalized spacial score (nSPS) is 10.8. The van der Waals surface area contributed by atoms with E-state index in [9.17, 15) is 0 Å². The summed E-state index contributed by atoms with van der Waals surface area (Å²) in [6.45, 7) is 2.51. The topological polar surface area (TPSA) is 48.4 Å². The Labute approximate surface area is 111 Å². The van der Waals surface area contributed by atoms with Gasteiger partial charge in [-0.05, 0) is 30.7 Å². The summed E-state index contributed by atoms with van der Waals surface area (Å²) < 4.78 is 11.3. The fourth-order valence-corrected chi connectivity index (χ4v) is 2.11. The van der Waals surface area contributed by atoms with Gasteiger partial charge in [0.15, 0.2) is 5.58 Å². The molecule has 0 fully saturated rings. The molecule has 0 radical (unpaired) electrons. The van der Waals surface area contributed by atoms with Gasteiger partial charge in [0.05, 0.1) is 12.0 Å². The van der Waals surface area contributed by atoms with Crippen LogP contribution in [0.5, 0.6) is 5.75 Å². The predicted octanol–water partition coefficient (Wildman–Crippen LogP) is 3.90. The third kappa shape index (κ3) is 2.27. The average molecular weight is 253 g/mol. The SMILES string of the molecule is Cc1cccc(OCc2coc3c(N)cccc23)c1. The maximum absolute atomic E-state index is 5.86. The molecule has 0 unspecified atom stereocenters. The molecule has 0 aliphatic heterocycles. The van der Waals surface area contributed by atoms with Crippen LogP contribution in [-0.2, 0) is 6.61 Å². The van der Waals surface area contributed by atoms with Crippen molar-refractivity contribution in [1.29, 1.82) is 0 Å². The number of fused-ring (bicyclic) bond motifs is 1. The Morgan fingerprint density at radius 2 is 2.00 bits per heavy atom. The second-order valence-electron chi connectivity index (χ2n) is 4.59. The number of anilines is 1. The molecular formula is C16H15NO2. The molecule has 3 rings (SSSR count). The lowest BCUT2D eigenvalue weighted by atomic mass is 10.1. The number of aryl methyl sites for hydroxylation is 1. The number of furan rings is 1. The van der Waals surface area contributed by atoms with E-state index >= 15 is 0 Å². The van der Waals surface area contributed by atoms with Crippen molar-refractivity contribution in [2.24, 2.45) is 0 Å². The van der Waals surface area contributed by atoms with E-state index < -0.39 is 0 Å². The van der Waals surface area contributed by atoms with Crippen LogP contribution in [0.3, 0.4) is 0 Å². The second-order valence-corrected chi connectivity index (χ2v) is 4.59. The number of hydrogen-bond donors (Lipinski definition) is 1. The van der Waals surface area contributed by atoms with E-state index in [1.165, 1.54) is 5.56 Å². The molecule has 19 heavy (non-hydrogen) atoms. The lowest BCUT2D eigenvalue weighted by molar-refractivity contribution is 0.306. The van der Waals surface area contributed by atoms with Crippen molar-refractivity contribution in [2.75, 3.05) is 5.73 Å². The van der Waals surface area contributed by atoms with Crippen LogP contribution in [-0.4, -0.2) is 0 Å². The van der Waals surface area contributed by atoms with Gasteiger partial charge in [-0.2, -0.15) is 0 Å². The minimum atomic E-state index is 0.472. The van der Waals surface area contributed by atoms with Gasteiger partial charge in [-0.25, -0.2) is 0 Å². The molecule has 0 atom stereocenters. The smallest absolute Gasteiger partial charge is 0.157 e.